The molecule has 1 amide bonds. The van der Waals surface area contributed by atoms with Gasteiger partial charge in [0.25, 0.3) is 11.7 Å². The molecule has 2 heterocycles. The Balaban J connectivity index is 1.94. The van der Waals surface area contributed by atoms with Crippen LogP contribution in [0.5, 0.6) is 11.5 Å². The van der Waals surface area contributed by atoms with Crippen molar-refractivity contribution in [3.05, 3.63) is 88.7 Å². The van der Waals surface area contributed by atoms with E-state index in [1.807, 2.05) is 0 Å². The number of rotatable bonds is 4. The predicted octanol–water partition coefficient (Wildman–Crippen LogP) is 4.08. The van der Waals surface area contributed by atoms with Crippen LogP contribution in [0.1, 0.15) is 17.2 Å². The van der Waals surface area contributed by atoms with Gasteiger partial charge in [0.2, 0.25) is 0 Å². The van der Waals surface area contributed by atoms with E-state index in [2.05, 4.69) is 4.98 Å². The molecule has 0 spiro atoms. The molecule has 7 nitrogen and oxygen atoms in total. The van der Waals surface area contributed by atoms with Crippen LogP contribution < -0.4 is 9.64 Å². The number of aromatic hydroxyl groups is 1. The number of Topliss-reactive ketones (excluding diaryl/α,β-unsaturated/α-hetero) is 1. The number of phenolic OH excluding ortho intramolecular Hbond substituents is 1. The normalized spacial score (nSPS) is 17.7. The molecule has 2 N–H and O–H groups in total. The van der Waals surface area contributed by atoms with Gasteiger partial charge >= 0.3 is 0 Å². The fourth-order valence-corrected chi connectivity index (χ4v) is 3.70. The number of hydrogen-bond donors (Lipinski definition) is 2. The number of hydrogen-bond acceptors (Lipinski definition) is 6. The number of ether oxygens (including phenoxy) is 1. The van der Waals surface area contributed by atoms with Gasteiger partial charge < -0.3 is 14.9 Å². The van der Waals surface area contributed by atoms with E-state index in [0.717, 1.165) is 0 Å². The zero-order valence-electron chi connectivity index (χ0n) is 16.3. The summed E-state index contributed by atoms with van der Waals surface area (Å²) in [5, 5.41) is 20.8. The van der Waals surface area contributed by atoms with Crippen LogP contribution in [-0.4, -0.2) is 34.0 Å². The van der Waals surface area contributed by atoms with Crippen LogP contribution in [0.25, 0.3) is 5.76 Å². The summed E-state index contributed by atoms with van der Waals surface area (Å²) in [5.41, 5.74) is 1.14. The lowest BCUT2D eigenvalue weighted by Crippen LogP contribution is -2.29. The van der Waals surface area contributed by atoms with E-state index in [1.54, 1.807) is 30.3 Å². The van der Waals surface area contributed by atoms with Crippen molar-refractivity contribution in [1.29, 1.82) is 0 Å². The first-order valence-corrected chi connectivity index (χ1v) is 9.64. The Morgan fingerprint density at radius 3 is 2.35 bits per heavy atom. The maximum Gasteiger partial charge on any atom is 0.300 e. The fraction of sp³-hybridized carbons (Fsp3) is 0.0870. The number of aliphatic hydroxyl groups is 1. The first kappa shape index (κ1) is 20.4. The Bertz CT molecular complexity index is 1190. The zero-order valence-corrected chi connectivity index (χ0v) is 17.1. The van der Waals surface area contributed by atoms with Crippen molar-refractivity contribution in [2.45, 2.75) is 6.04 Å². The van der Waals surface area contributed by atoms with Crippen LogP contribution in [0.15, 0.2) is 72.6 Å². The summed E-state index contributed by atoms with van der Waals surface area (Å²) in [6.45, 7) is 0. The van der Waals surface area contributed by atoms with Crippen molar-refractivity contribution in [3.63, 3.8) is 0 Å². The highest BCUT2D eigenvalue weighted by atomic mass is 35.5. The summed E-state index contributed by atoms with van der Waals surface area (Å²) in [4.78, 5) is 31.3. The lowest BCUT2D eigenvalue weighted by molar-refractivity contribution is -0.132. The maximum absolute atomic E-state index is 13.0. The van der Waals surface area contributed by atoms with E-state index in [4.69, 9.17) is 16.3 Å². The summed E-state index contributed by atoms with van der Waals surface area (Å²) in [6, 6.07) is 13.1. The van der Waals surface area contributed by atoms with Gasteiger partial charge in [0.15, 0.2) is 0 Å². The summed E-state index contributed by atoms with van der Waals surface area (Å²) >= 11 is 6.10. The maximum atomic E-state index is 13.0. The molecule has 0 bridgehead atoms. The highest BCUT2D eigenvalue weighted by Crippen LogP contribution is 2.43. The molecule has 1 unspecified atom stereocenters. The zero-order chi connectivity index (χ0) is 22.1. The van der Waals surface area contributed by atoms with Gasteiger partial charge in [-0.1, -0.05) is 17.7 Å². The number of benzene rings is 2. The number of methoxy groups -OCH3 is 1. The Hall–Kier alpha value is -3.84. The van der Waals surface area contributed by atoms with Crippen LogP contribution in [0.2, 0.25) is 5.02 Å². The number of halogens is 1. The van der Waals surface area contributed by atoms with Crippen molar-refractivity contribution in [3.8, 4) is 11.5 Å². The first-order chi connectivity index (χ1) is 14.9. The minimum absolute atomic E-state index is 0.0572. The molecule has 8 heteroatoms. The average Bonchev–Trinajstić information content (AvgIpc) is 3.06. The van der Waals surface area contributed by atoms with E-state index in [9.17, 15) is 19.8 Å². The number of amides is 1. The lowest BCUT2D eigenvalue weighted by Gasteiger charge is -2.25. The molecule has 1 aliphatic heterocycles. The SMILES string of the molecule is COc1ccc(N2C(=O)C(=O)/C(=C(\O)c3ccncc3)C2c2ccc(O)c(Cl)c2)cc1. The number of phenols is 1. The number of anilines is 1. The number of ketones is 1. The van der Waals surface area contributed by atoms with Crippen molar-refractivity contribution in [2.75, 3.05) is 12.0 Å². The molecule has 0 saturated carbocycles. The van der Waals surface area contributed by atoms with Crippen LogP contribution in [0.4, 0.5) is 5.69 Å². The third-order valence-corrected chi connectivity index (χ3v) is 5.34. The van der Waals surface area contributed by atoms with E-state index in [-0.39, 0.29) is 22.1 Å². The Kier molecular flexibility index (Phi) is 5.35. The molecule has 2 aromatic carbocycles. The highest BCUT2D eigenvalue weighted by molar-refractivity contribution is 6.51. The van der Waals surface area contributed by atoms with Crippen LogP contribution >= 0.6 is 11.6 Å². The van der Waals surface area contributed by atoms with Gasteiger partial charge in [-0.15, -0.1) is 0 Å². The summed E-state index contributed by atoms with van der Waals surface area (Å²) in [5.74, 6) is -1.51. The number of aromatic nitrogens is 1. The van der Waals surface area contributed by atoms with Crippen LogP contribution in [0.3, 0.4) is 0 Å². The Labute approximate surface area is 182 Å². The standard InChI is InChI=1S/C23H17ClN2O5/c1-31-16-5-3-15(4-6-16)26-20(14-2-7-18(27)17(24)12-14)19(22(29)23(26)30)21(28)13-8-10-25-11-9-13/h2-12,20,27-28H,1H3/b21-19-. The van der Waals surface area contributed by atoms with Gasteiger partial charge in [0.05, 0.1) is 23.7 Å². The number of carbonyl (C=O) groups is 2. The predicted molar refractivity (Wildman–Crippen MR) is 115 cm³/mol. The second-order valence-electron chi connectivity index (χ2n) is 6.81. The molecule has 31 heavy (non-hydrogen) atoms. The number of pyridine rings is 1. The van der Waals surface area contributed by atoms with Gasteiger partial charge in [-0.25, -0.2) is 0 Å². The molecular weight excluding hydrogens is 420 g/mol. The molecule has 1 fully saturated rings. The van der Waals surface area contributed by atoms with E-state index < -0.39 is 17.7 Å². The summed E-state index contributed by atoms with van der Waals surface area (Å²) < 4.78 is 5.17. The minimum atomic E-state index is -0.959. The van der Waals surface area contributed by atoms with Crippen molar-refractivity contribution in [1.82, 2.24) is 4.98 Å². The van der Waals surface area contributed by atoms with Gasteiger partial charge in [-0.2, -0.15) is 0 Å². The molecule has 0 aliphatic carbocycles. The Morgan fingerprint density at radius 1 is 1.06 bits per heavy atom. The van der Waals surface area contributed by atoms with Gasteiger partial charge in [0.1, 0.15) is 17.3 Å². The third-order valence-electron chi connectivity index (χ3n) is 5.04. The average molecular weight is 437 g/mol. The van der Waals surface area contributed by atoms with Gasteiger partial charge in [-0.05, 0) is 54.1 Å². The quantitative estimate of drug-likeness (QED) is 0.363. The van der Waals surface area contributed by atoms with E-state index in [1.165, 1.54) is 48.7 Å². The van der Waals surface area contributed by atoms with Crippen molar-refractivity contribution in [2.24, 2.45) is 0 Å². The monoisotopic (exact) mass is 436 g/mol. The molecule has 156 valence electrons. The topological polar surface area (TPSA) is 100.0 Å². The summed E-state index contributed by atoms with van der Waals surface area (Å²) in [6.07, 6.45) is 2.95. The Morgan fingerprint density at radius 2 is 1.74 bits per heavy atom. The molecule has 3 aromatic rings. The van der Waals surface area contributed by atoms with E-state index >= 15 is 0 Å². The van der Waals surface area contributed by atoms with Crippen LogP contribution in [0, 0.1) is 0 Å². The highest BCUT2D eigenvalue weighted by Gasteiger charge is 2.47. The molecule has 4 rings (SSSR count). The number of aliphatic hydroxyl groups excluding tert-OH is 1. The smallest absolute Gasteiger partial charge is 0.300 e. The molecule has 0 radical (unpaired) electrons. The van der Waals surface area contributed by atoms with Gasteiger partial charge in [-0.3, -0.25) is 19.5 Å². The number of carbonyl (C=O) groups excluding carboxylic acids is 2. The first-order valence-electron chi connectivity index (χ1n) is 9.26. The fourth-order valence-electron chi connectivity index (χ4n) is 3.52. The second-order valence-corrected chi connectivity index (χ2v) is 7.22. The van der Waals surface area contributed by atoms with Crippen LogP contribution in [-0.2, 0) is 9.59 Å². The molecule has 1 aliphatic rings. The molecule has 1 atom stereocenters. The van der Waals surface area contributed by atoms with Crippen molar-refractivity contribution >= 4 is 34.7 Å². The van der Waals surface area contributed by atoms with Crippen molar-refractivity contribution < 1.29 is 24.5 Å². The number of nitrogens with zero attached hydrogens (tertiary/aromatic N) is 2. The molecule has 1 aromatic heterocycles. The van der Waals surface area contributed by atoms with E-state index in [0.29, 0.717) is 22.6 Å². The largest absolute Gasteiger partial charge is 0.507 e. The second kappa shape index (κ2) is 8.12. The third kappa shape index (κ3) is 3.60. The molecular formula is C23H17ClN2O5. The summed E-state index contributed by atoms with van der Waals surface area (Å²) in [7, 11) is 1.52. The molecule has 1 saturated heterocycles. The van der Waals surface area contributed by atoms with Gasteiger partial charge in [0, 0.05) is 23.6 Å². The lowest BCUT2D eigenvalue weighted by atomic mass is 9.95. The minimum Gasteiger partial charge on any atom is -0.507 e.